The highest BCUT2D eigenvalue weighted by Gasteiger charge is 2.65. The summed E-state index contributed by atoms with van der Waals surface area (Å²) in [4.78, 5) is 24.7. The first-order valence-electron chi connectivity index (χ1n) is 7.13. The molecule has 2 fully saturated rings. The number of hydrogen-bond donors (Lipinski definition) is 0. The van der Waals surface area contributed by atoms with Gasteiger partial charge in [-0.2, -0.15) is 0 Å². The maximum absolute atomic E-state index is 12.4. The van der Waals surface area contributed by atoms with Crippen LogP contribution in [0.15, 0.2) is 30.3 Å². The smallest absolute Gasteiger partial charge is 0.324 e. The molecule has 0 radical (unpaired) electrons. The standard InChI is InChI=1S/C16H18O4/c1-2-19-14(17)16-10-6-9-12(16)13(20-15(16)18)11-7-4-3-5-8-11/h3-5,7-8,12-13H,2,6,9-10H2,1H3/t12-,13-,16-/m0/s1. The molecule has 1 aromatic rings. The Hall–Kier alpha value is -1.84. The number of benzene rings is 1. The summed E-state index contributed by atoms with van der Waals surface area (Å²) in [5.41, 5.74) is -0.116. The van der Waals surface area contributed by atoms with Gasteiger partial charge in [-0.1, -0.05) is 36.8 Å². The van der Waals surface area contributed by atoms with Gasteiger partial charge in [0.1, 0.15) is 6.10 Å². The Balaban J connectivity index is 1.96. The number of rotatable bonds is 3. The van der Waals surface area contributed by atoms with E-state index in [1.165, 1.54) is 0 Å². The zero-order valence-corrected chi connectivity index (χ0v) is 11.5. The lowest BCUT2D eigenvalue weighted by molar-refractivity contribution is -0.165. The Kier molecular flexibility index (Phi) is 3.24. The second-order valence-electron chi connectivity index (χ2n) is 5.43. The summed E-state index contributed by atoms with van der Waals surface area (Å²) in [6.07, 6.45) is 1.90. The van der Waals surface area contributed by atoms with E-state index >= 15 is 0 Å². The van der Waals surface area contributed by atoms with Gasteiger partial charge in [-0.3, -0.25) is 9.59 Å². The topological polar surface area (TPSA) is 52.6 Å². The number of cyclic esters (lactones) is 1. The number of hydrogen-bond acceptors (Lipinski definition) is 4. The first-order valence-corrected chi connectivity index (χ1v) is 7.13. The molecule has 106 valence electrons. The average Bonchev–Trinajstić information content (AvgIpc) is 3.01. The van der Waals surface area contributed by atoms with Crippen LogP contribution in [-0.2, 0) is 19.1 Å². The van der Waals surface area contributed by atoms with Crippen molar-refractivity contribution in [2.45, 2.75) is 32.3 Å². The van der Waals surface area contributed by atoms with E-state index in [9.17, 15) is 9.59 Å². The number of fused-ring (bicyclic) bond motifs is 1. The molecule has 1 aliphatic carbocycles. The number of carbonyl (C=O) groups excluding carboxylic acids is 2. The maximum atomic E-state index is 12.4. The van der Waals surface area contributed by atoms with Crippen molar-refractivity contribution in [3.05, 3.63) is 35.9 Å². The summed E-state index contributed by atoms with van der Waals surface area (Å²) >= 11 is 0. The van der Waals surface area contributed by atoms with E-state index in [1.54, 1.807) is 6.92 Å². The molecule has 1 saturated heterocycles. The minimum Gasteiger partial charge on any atom is -0.465 e. The molecule has 0 unspecified atom stereocenters. The first kappa shape index (κ1) is 13.2. The van der Waals surface area contributed by atoms with E-state index in [2.05, 4.69) is 0 Å². The molecule has 1 heterocycles. The number of esters is 2. The molecular formula is C16H18O4. The van der Waals surface area contributed by atoms with Gasteiger partial charge in [0.05, 0.1) is 6.61 Å². The van der Waals surface area contributed by atoms with E-state index in [-0.39, 0.29) is 18.6 Å². The van der Waals surface area contributed by atoms with E-state index in [4.69, 9.17) is 9.47 Å². The van der Waals surface area contributed by atoms with Crippen LogP contribution in [-0.4, -0.2) is 18.5 Å². The Labute approximate surface area is 118 Å². The largest absolute Gasteiger partial charge is 0.465 e. The monoisotopic (exact) mass is 274 g/mol. The van der Waals surface area contributed by atoms with Crippen LogP contribution in [0.1, 0.15) is 37.9 Å². The lowest BCUT2D eigenvalue weighted by Crippen LogP contribution is -2.39. The maximum Gasteiger partial charge on any atom is 0.324 e. The summed E-state index contributed by atoms with van der Waals surface area (Å²) < 4.78 is 10.7. The first-order chi connectivity index (χ1) is 9.70. The van der Waals surface area contributed by atoms with Gasteiger partial charge in [-0.25, -0.2) is 0 Å². The molecule has 0 aromatic heterocycles. The molecule has 1 saturated carbocycles. The highest BCUT2D eigenvalue weighted by atomic mass is 16.6. The quantitative estimate of drug-likeness (QED) is 0.628. The lowest BCUT2D eigenvalue weighted by atomic mass is 9.76. The highest BCUT2D eigenvalue weighted by Crippen LogP contribution is 2.57. The zero-order valence-electron chi connectivity index (χ0n) is 11.5. The van der Waals surface area contributed by atoms with Gasteiger partial charge in [-0.05, 0) is 25.3 Å². The highest BCUT2D eigenvalue weighted by molar-refractivity contribution is 6.02. The van der Waals surface area contributed by atoms with E-state index in [0.29, 0.717) is 6.42 Å². The molecule has 0 amide bonds. The fourth-order valence-corrected chi connectivity index (χ4v) is 3.54. The fourth-order valence-electron chi connectivity index (χ4n) is 3.54. The SMILES string of the molecule is CCOC(=O)[C@]12CCC[C@H]1[C@H](c1ccccc1)OC2=O. The average molecular weight is 274 g/mol. The van der Waals surface area contributed by atoms with Crippen molar-refractivity contribution >= 4 is 11.9 Å². The normalized spacial score (nSPS) is 31.8. The van der Waals surface area contributed by atoms with Gasteiger partial charge in [0, 0.05) is 5.92 Å². The summed E-state index contributed by atoms with van der Waals surface area (Å²) in [5.74, 6) is -0.922. The molecule has 4 nitrogen and oxygen atoms in total. The van der Waals surface area contributed by atoms with Gasteiger partial charge in [0.2, 0.25) is 0 Å². The Morgan fingerprint density at radius 3 is 2.85 bits per heavy atom. The molecule has 0 N–H and O–H groups in total. The van der Waals surface area contributed by atoms with Crippen molar-refractivity contribution in [1.82, 2.24) is 0 Å². The molecule has 1 aliphatic heterocycles. The second-order valence-corrected chi connectivity index (χ2v) is 5.43. The van der Waals surface area contributed by atoms with Crippen LogP contribution >= 0.6 is 0 Å². The summed E-state index contributed by atoms with van der Waals surface area (Å²) in [6.45, 7) is 2.05. The molecule has 4 heteroatoms. The molecule has 2 aliphatic rings. The van der Waals surface area contributed by atoms with Gasteiger partial charge >= 0.3 is 11.9 Å². The predicted molar refractivity (Wildman–Crippen MR) is 71.7 cm³/mol. The summed E-state index contributed by atoms with van der Waals surface area (Å²) in [6, 6.07) is 9.65. The minimum atomic E-state index is -1.07. The second kappa shape index (κ2) is 4.93. The molecule has 20 heavy (non-hydrogen) atoms. The van der Waals surface area contributed by atoms with E-state index < -0.39 is 17.4 Å². The van der Waals surface area contributed by atoms with E-state index in [0.717, 1.165) is 18.4 Å². The molecule has 1 aromatic carbocycles. The van der Waals surface area contributed by atoms with Crippen LogP contribution < -0.4 is 0 Å². The Morgan fingerprint density at radius 1 is 1.40 bits per heavy atom. The Morgan fingerprint density at radius 2 is 2.15 bits per heavy atom. The van der Waals surface area contributed by atoms with Crippen molar-refractivity contribution in [2.75, 3.05) is 6.61 Å². The van der Waals surface area contributed by atoms with Gasteiger partial charge in [-0.15, -0.1) is 0 Å². The van der Waals surface area contributed by atoms with Crippen LogP contribution in [0.3, 0.4) is 0 Å². The molecule has 0 spiro atoms. The third-order valence-corrected chi connectivity index (χ3v) is 4.45. The minimum absolute atomic E-state index is 0.101. The number of carbonyl (C=O) groups is 2. The molecule has 3 atom stereocenters. The van der Waals surface area contributed by atoms with Crippen molar-refractivity contribution in [1.29, 1.82) is 0 Å². The fraction of sp³-hybridized carbons (Fsp3) is 0.500. The van der Waals surface area contributed by atoms with Crippen molar-refractivity contribution in [3.63, 3.8) is 0 Å². The van der Waals surface area contributed by atoms with Gasteiger partial charge < -0.3 is 9.47 Å². The van der Waals surface area contributed by atoms with Crippen molar-refractivity contribution < 1.29 is 19.1 Å². The van der Waals surface area contributed by atoms with E-state index in [1.807, 2.05) is 30.3 Å². The molecule has 3 rings (SSSR count). The van der Waals surface area contributed by atoms with Gasteiger partial charge in [0.15, 0.2) is 5.41 Å². The van der Waals surface area contributed by atoms with Crippen LogP contribution in [0.25, 0.3) is 0 Å². The van der Waals surface area contributed by atoms with Crippen molar-refractivity contribution in [3.8, 4) is 0 Å². The van der Waals surface area contributed by atoms with Gasteiger partial charge in [0.25, 0.3) is 0 Å². The molecular weight excluding hydrogens is 256 g/mol. The summed E-state index contributed by atoms with van der Waals surface area (Å²) in [7, 11) is 0. The molecule has 0 bridgehead atoms. The Bertz CT molecular complexity index is 525. The van der Waals surface area contributed by atoms with Crippen LogP contribution in [0.2, 0.25) is 0 Å². The third kappa shape index (κ3) is 1.74. The number of ether oxygens (including phenoxy) is 2. The lowest BCUT2D eigenvalue weighted by Gasteiger charge is -2.23. The third-order valence-electron chi connectivity index (χ3n) is 4.45. The predicted octanol–water partition coefficient (Wildman–Crippen LogP) is 2.63. The van der Waals surface area contributed by atoms with Crippen LogP contribution in [0.4, 0.5) is 0 Å². The van der Waals surface area contributed by atoms with Crippen molar-refractivity contribution in [2.24, 2.45) is 11.3 Å². The van der Waals surface area contributed by atoms with Crippen LogP contribution in [0.5, 0.6) is 0 Å². The summed E-state index contributed by atoms with van der Waals surface area (Å²) in [5, 5.41) is 0. The van der Waals surface area contributed by atoms with Crippen LogP contribution in [0, 0.1) is 11.3 Å². The zero-order chi connectivity index (χ0) is 14.2.